The molecule has 1 fully saturated rings. The van der Waals surface area contributed by atoms with E-state index in [-0.39, 0.29) is 28.8 Å². The first kappa shape index (κ1) is 25.4. The predicted molar refractivity (Wildman–Crippen MR) is 125 cm³/mol. The molecule has 3 aromatic rings. The number of urea groups is 1. The number of hydrogen-bond acceptors (Lipinski definition) is 2. The number of nitrogens with zero attached hydrogens (tertiary/aromatic N) is 2. The highest BCUT2D eigenvalue weighted by Gasteiger charge is 2.31. The molecule has 3 aromatic carbocycles. The van der Waals surface area contributed by atoms with Crippen LogP contribution >= 0.6 is 11.6 Å². The molecule has 1 heterocycles. The summed E-state index contributed by atoms with van der Waals surface area (Å²) in [5, 5.41) is 2.62. The Morgan fingerprint density at radius 1 is 0.972 bits per heavy atom. The molecule has 0 radical (unpaired) electrons. The Kier molecular flexibility index (Phi) is 7.16. The molecule has 0 saturated carbocycles. The normalized spacial score (nSPS) is 14.2. The summed E-state index contributed by atoms with van der Waals surface area (Å²) in [6.45, 7) is 0.829. The van der Waals surface area contributed by atoms with Crippen LogP contribution in [0.5, 0.6) is 0 Å². The number of amides is 3. The SMILES string of the molecule is O=C(Nc1cc(N2CCCN(Cc3ccc(F)c(F)c3)C2=O)ccc1Cl)c1cccc(C(F)(F)F)c1. The summed E-state index contributed by atoms with van der Waals surface area (Å²) >= 11 is 6.20. The Labute approximate surface area is 208 Å². The van der Waals surface area contributed by atoms with Crippen molar-refractivity contribution in [2.45, 2.75) is 19.1 Å². The summed E-state index contributed by atoms with van der Waals surface area (Å²) in [6.07, 6.45) is -4.02. The lowest BCUT2D eigenvalue weighted by atomic mass is 10.1. The van der Waals surface area contributed by atoms with Gasteiger partial charge >= 0.3 is 12.2 Å². The van der Waals surface area contributed by atoms with E-state index in [9.17, 15) is 31.5 Å². The van der Waals surface area contributed by atoms with E-state index in [0.29, 0.717) is 30.8 Å². The first-order chi connectivity index (χ1) is 17.0. The van der Waals surface area contributed by atoms with Gasteiger partial charge in [0.25, 0.3) is 5.91 Å². The highest BCUT2D eigenvalue weighted by atomic mass is 35.5. The summed E-state index contributed by atoms with van der Waals surface area (Å²) < 4.78 is 65.8. The molecule has 0 atom stereocenters. The molecule has 36 heavy (non-hydrogen) atoms. The molecular formula is C25H19ClF5N3O2. The van der Waals surface area contributed by atoms with Crippen molar-refractivity contribution in [3.8, 4) is 0 Å². The maximum atomic E-state index is 13.6. The van der Waals surface area contributed by atoms with Crippen LogP contribution in [0.3, 0.4) is 0 Å². The van der Waals surface area contributed by atoms with Gasteiger partial charge < -0.3 is 10.2 Å². The molecule has 188 valence electrons. The lowest BCUT2D eigenvalue weighted by Crippen LogP contribution is -2.49. The van der Waals surface area contributed by atoms with Crippen molar-refractivity contribution in [1.29, 1.82) is 0 Å². The first-order valence-corrected chi connectivity index (χ1v) is 11.2. The molecule has 1 aliphatic heterocycles. The molecule has 11 heteroatoms. The number of benzene rings is 3. The number of halogens is 6. The minimum Gasteiger partial charge on any atom is -0.321 e. The molecule has 1 N–H and O–H groups in total. The van der Waals surface area contributed by atoms with Crippen LogP contribution in [-0.2, 0) is 12.7 Å². The summed E-state index contributed by atoms with van der Waals surface area (Å²) in [5.74, 6) is -2.79. The third kappa shape index (κ3) is 5.59. The van der Waals surface area contributed by atoms with Crippen molar-refractivity contribution in [2.24, 2.45) is 0 Å². The highest BCUT2D eigenvalue weighted by molar-refractivity contribution is 6.34. The van der Waals surface area contributed by atoms with Gasteiger partial charge in [-0.2, -0.15) is 13.2 Å². The number of carbonyl (C=O) groups excluding carboxylic acids is 2. The number of hydrogen-bond donors (Lipinski definition) is 1. The fraction of sp³-hybridized carbons (Fsp3) is 0.200. The first-order valence-electron chi connectivity index (χ1n) is 10.8. The molecule has 5 nitrogen and oxygen atoms in total. The number of carbonyl (C=O) groups is 2. The molecule has 1 aliphatic rings. The van der Waals surface area contributed by atoms with Gasteiger partial charge in [-0.05, 0) is 60.5 Å². The van der Waals surface area contributed by atoms with E-state index in [0.717, 1.165) is 30.3 Å². The fourth-order valence-electron chi connectivity index (χ4n) is 3.83. The van der Waals surface area contributed by atoms with E-state index < -0.39 is 29.3 Å². The molecule has 0 aromatic heterocycles. The van der Waals surface area contributed by atoms with Gasteiger partial charge in [0.15, 0.2) is 11.6 Å². The molecule has 0 unspecified atom stereocenters. The van der Waals surface area contributed by atoms with Crippen molar-refractivity contribution in [3.05, 3.63) is 94.0 Å². The van der Waals surface area contributed by atoms with Crippen molar-refractivity contribution in [3.63, 3.8) is 0 Å². The van der Waals surface area contributed by atoms with Crippen LogP contribution in [0.15, 0.2) is 60.7 Å². The second kappa shape index (κ2) is 10.1. The van der Waals surface area contributed by atoms with Gasteiger partial charge in [0.1, 0.15) is 0 Å². The summed E-state index contributed by atoms with van der Waals surface area (Å²) in [7, 11) is 0. The van der Waals surface area contributed by atoms with Gasteiger partial charge in [0.2, 0.25) is 0 Å². The second-order valence-electron chi connectivity index (χ2n) is 8.15. The van der Waals surface area contributed by atoms with Crippen LogP contribution in [0.25, 0.3) is 0 Å². The third-order valence-corrected chi connectivity index (χ3v) is 5.96. The van der Waals surface area contributed by atoms with Crippen molar-refractivity contribution in [1.82, 2.24) is 4.90 Å². The summed E-state index contributed by atoms with van der Waals surface area (Å²) in [4.78, 5) is 28.7. The lowest BCUT2D eigenvalue weighted by molar-refractivity contribution is -0.137. The van der Waals surface area contributed by atoms with Crippen molar-refractivity contribution >= 4 is 34.9 Å². The van der Waals surface area contributed by atoms with Crippen molar-refractivity contribution in [2.75, 3.05) is 23.3 Å². The summed E-state index contributed by atoms with van der Waals surface area (Å²) in [5.41, 5.74) is -0.233. The molecule has 3 amide bonds. The van der Waals surface area contributed by atoms with Crippen LogP contribution in [0.2, 0.25) is 5.02 Å². The third-order valence-electron chi connectivity index (χ3n) is 5.63. The van der Waals surface area contributed by atoms with Crippen molar-refractivity contribution < 1.29 is 31.5 Å². The molecule has 0 spiro atoms. The van der Waals surface area contributed by atoms with Crippen LogP contribution in [-0.4, -0.2) is 29.9 Å². The van der Waals surface area contributed by atoms with E-state index in [2.05, 4.69) is 5.32 Å². The summed E-state index contributed by atoms with van der Waals surface area (Å²) in [6, 6.07) is 11.5. The smallest absolute Gasteiger partial charge is 0.321 e. The number of anilines is 2. The Bertz CT molecular complexity index is 1320. The Morgan fingerprint density at radius 3 is 2.47 bits per heavy atom. The molecule has 1 saturated heterocycles. The highest BCUT2D eigenvalue weighted by Crippen LogP contribution is 2.32. The Hall–Kier alpha value is -3.66. The number of rotatable bonds is 5. The van der Waals surface area contributed by atoms with Gasteiger partial charge in [-0.15, -0.1) is 0 Å². The molecule has 0 aliphatic carbocycles. The van der Waals surface area contributed by atoms with Gasteiger partial charge in [-0.25, -0.2) is 13.6 Å². The van der Waals surface area contributed by atoms with Gasteiger partial charge in [0, 0.05) is 30.9 Å². The minimum atomic E-state index is -4.60. The predicted octanol–water partition coefficient (Wildman–Crippen LogP) is 6.72. The molecular weight excluding hydrogens is 505 g/mol. The van der Waals surface area contributed by atoms with Gasteiger partial charge in [0.05, 0.1) is 16.3 Å². The average molecular weight is 524 g/mol. The van der Waals surface area contributed by atoms with Crippen LogP contribution in [0.4, 0.5) is 38.1 Å². The topological polar surface area (TPSA) is 52.7 Å². The molecule has 4 rings (SSSR count). The zero-order chi connectivity index (χ0) is 26.0. The van der Waals surface area contributed by atoms with E-state index in [4.69, 9.17) is 11.6 Å². The quantitative estimate of drug-likeness (QED) is 0.377. The standard InChI is InChI=1S/C25H19ClF5N3O2/c26-19-7-6-18(13-22(19)32-23(35)16-3-1-4-17(12-16)25(29,30)31)34-10-2-9-33(24(34)36)14-15-5-8-20(27)21(28)11-15/h1,3-8,11-13H,2,9-10,14H2,(H,32,35). The molecule has 0 bridgehead atoms. The van der Waals surface area contributed by atoms with Crippen LogP contribution in [0.1, 0.15) is 27.9 Å². The largest absolute Gasteiger partial charge is 0.416 e. The fourth-order valence-corrected chi connectivity index (χ4v) is 4.00. The number of alkyl halides is 3. The van der Waals surface area contributed by atoms with E-state index in [1.54, 1.807) is 6.07 Å². The zero-order valence-electron chi connectivity index (χ0n) is 18.6. The Balaban J connectivity index is 1.52. The monoisotopic (exact) mass is 523 g/mol. The average Bonchev–Trinajstić information content (AvgIpc) is 2.84. The van der Waals surface area contributed by atoms with E-state index in [1.165, 1.54) is 34.1 Å². The van der Waals surface area contributed by atoms with Crippen LogP contribution < -0.4 is 10.2 Å². The maximum Gasteiger partial charge on any atom is 0.416 e. The van der Waals surface area contributed by atoms with Gasteiger partial charge in [-0.3, -0.25) is 9.69 Å². The second-order valence-corrected chi connectivity index (χ2v) is 8.56. The minimum absolute atomic E-state index is 0.0687. The zero-order valence-corrected chi connectivity index (χ0v) is 19.3. The van der Waals surface area contributed by atoms with E-state index in [1.807, 2.05) is 0 Å². The Morgan fingerprint density at radius 2 is 1.75 bits per heavy atom. The van der Waals surface area contributed by atoms with Gasteiger partial charge in [-0.1, -0.05) is 23.7 Å². The van der Waals surface area contributed by atoms with Crippen LogP contribution in [0, 0.1) is 11.6 Å². The van der Waals surface area contributed by atoms with E-state index >= 15 is 0 Å². The lowest BCUT2D eigenvalue weighted by Gasteiger charge is -2.36. The number of nitrogens with one attached hydrogen (secondary N) is 1. The maximum absolute atomic E-state index is 13.6.